The zero-order valence-corrected chi connectivity index (χ0v) is 12.9. The van der Waals surface area contributed by atoms with E-state index < -0.39 is 0 Å². The quantitative estimate of drug-likeness (QED) is 0.833. The summed E-state index contributed by atoms with van der Waals surface area (Å²) in [5.41, 5.74) is 4.32. The zero-order valence-electron chi connectivity index (χ0n) is 12.1. The van der Waals surface area contributed by atoms with Crippen molar-refractivity contribution in [1.82, 2.24) is 15.1 Å². The molecule has 0 saturated heterocycles. The van der Waals surface area contributed by atoms with E-state index in [4.69, 9.17) is 16.3 Å². The summed E-state index contributed by atoms with van der Waals surface area (Å²) in [6.45, 7) is 6.40. The molecule has 1 aromatic heterocycles. The number of ether oxygens (including phenoxy) is 1. The van der Waals surface area contributed by atoms with E-state index in [0.29, 0.717) is 5.02 Å². The molecular weight excluding hydrogens is 274 g/mol. The van der Waals surface area contributed by atoms with E-state index in [9.17, 15) is 0 Å². The van der Waals surface area contributed by atoms with Gasteiger partial charge in [0.25, 0.3) is 0 Å². The second kappa shape index (κ2) is 6.88. The van der Waals surface area contributed by atoms with E-state index >= 15 is 0 Å². The van der Waals surface area contributed by atoms with Crippen molar-refractivity contribution < 1.29 is 4.74 Å². The molecule has 20 heavy (non-hydrogen) atoms. The lowest BCUT2D eigenvalue weighted by Crippen LogP contribution is -2.18. The minimum Gasteiger partial charge on any atom is -0.383 e. The number of hydrogen-bond donors (Lipinski definition) is 1. The number of nitrogens with zero attached hydrogens (tertiary/aromatic N) is 2. The van der Waals surface area contributed by atoms with Crippen LogP contribution in [0, 0.1) is 13.8 Å². The Morgan fingerprint density at radius 3 is 2.75 bits per heavy atom. The maximum atomic E-state index is 6.06. The van der Waals surface area contributed by atoms with Gasteiger partial charge in [0, 0.05) is 26.4 Å². The van der Waals surface area contributed by atoms with Crippen LogP contribution in [0.1, 0.15) is 16.8 Å². The van der Waals surface area contributed by atoms with Gasteiger partial charge in [-0.15, -0.1) is 0 Å². The summed E-state index contributed by atoms with van der Waals surface area (Å²) in [6, 6.07) is 6.35. The number of aryl methyl sites for hydroxylation is 2. The standard InChI is InChI=1S/C15H20ClN3O/c1-11-8-13(9-17-6-7-20-3)4-5-15(11)19-10-14(16)12(2)18-19/h4-5,8,10,17H,6-7,9H2,1-3H3. The summed E-state index contributed by atoms with van der Waals surface area (Å²) in [4.78, 5) is 0. The van der Waals surface area contributed by atoms with Gasteiger partial charge in [0.05, 0.1) is 23.0 Å². The second-order valence-corrected chi connectivity index (χ2v) is 5.20. The molecule has 0 fully saturated rings. The van der Waals surface area contributed by atoms with Crippen molar-refractivity contribution in [1.29, 1.82) is 0 Å². The number of rotatable bonds is 6. The van der Waals surface area contributed by atoms with E-state index in [2.05, 4.69) is 35.5 Å². The van der Waals surface area contributed by atoms with Gasteiger partial charge >= 0.3 is 0 Å². The zero-order chi connectivity index (χ0) is 14.5. The van der Waals surface area contributed by atoms with Crippen LogP contribution in [0.4, 0.5) is 0 Å². The van der Waals surface area contributed by atoms with Crippen LogP contribution in [0.5, 0.6) is 0 Å². The van der Waals surface area contributed by atoms with Gasteiger partial charge in [-0.05, 0) is 31.0 Å². The molecule has 1 N–H and O–H groups in total. The van der Waals surface area contributed by atoms with Gasteiger partial charge in [0.15, 0.2) is 0 Å². The summed E-state index contributed by atoms with van der Waals surface area (Å²) in [7, 11) is 1.71. The van der Waals surface area contributed by atoms with Crippen LogP contribution in [0.3, 0.4) is 0 Å². The molecule has 5 heteroatoms. The molecule has 1 heterocycles. The summed E-state index contributed by atoms with van der Waals surface area (Å²) < 4.78 is 6.84. The van der Waals surface area contributed by atoms with E-state index in [1.165, 1.54) is 11.1 Å². The Balaban J connectivity index is 2.09. The lowest BCUT2D eigenvalue weighted by molar-refractivity contribution is 0.199. The number of halogens is 1. The van der Waals surface area contributed by atoms with Gasteiger partial charge in [0.1, 0.15) is 0 Å². The van der Waals surface area contributed by atoms with Crippen molar-refractivity contribution in [2.24, 2.45) is 0 Å². The average Bonchev–Trinajstić information content (AvgIpc) is 2.75. The summed E-state index contributed by atoms with van der Waals surface area (Å²) >= 11 is 6.06. The number of nitrogens with one attached hydrogen (secondary N) is 1. The molecule has 0 bridgehead atoms. The first-order valence-electron chi connectivity index (χ1n) is 6.63. The van der Waals surface area contributed by atoms with E-state index in [0.717, 1.165) is 31.1 Å². The number of benzene rings is 1. The fraction of sp³-hybridized carbons (Fsp3) is 0.400. The minimum atomic E-state index is 0.690. The molecule has 0 aliphatic carbocycles. The van der Waals surface area contributed by atoms with Crippen LogP contribution < -0.4 is 5.32 Å². The van der Waals surface area contributed by atoms with E-state index in [1.807, 2.05) is 17.8 Å². The topological polar surface area (TPSA) is 39.1 Å². The fourth-order valence-corrected chi connectivity index (χ4v) is 2.18. The van der Waals surface area contributed by atoms with Crippen LogP contribution in [-0.2, 0) is 11.3 Å². The minimum absolute atomic E-state index is 0.690. The third-order valence-electron chi connectivity index (χ3n) is 3.16. The van der Waals surface area contributed by atoms with E-state index in [-0.39, 0.29) is 0 Å². The highest BCUT2D eigenvalue weighted by Crippen LogP contribution is 2.19. The third-order valence-corrected chi connectivity index (χ3v) is 3.53. The maximum absolute atomic E-state index is 6.06. The molecule has 0 radical (unpaired) electrons. The van der Waals surface area contributed by atoms with Crippen LogP contribution in [0.2, 0.25) is 5.02 Å². The molecule has 1 aromatic carbocycles. The van der Waals surface area contributed by atoms with Crippen LogP contribution >= 0.6 is 11.6 Å². The molecule has 0 aliphatic rings. The molecule has 108 valence electrons. The molecule has 0 aliphatic heterocycles. The number of aromatic nitrogens is 2. The van der Waals surface area contributed by atoms with E-state index in [1.54, 1.807) is 7.11 Å². The Hall–Kier alpha value is -1.36. The van der Waals surface area contributed by atoms with Crippen molar-refractivity contribution in [3.63, 3.8) is 0 Å². The SMILES string of the molecule is COCCNCc1ccc(-n2cc(Cl)c(C)n2)c(C)c1. The first-order chi connectivity index (χ1) is 9.61. The second-order valence-electron chi connectivity index (χ2n) is 4.80. The molecule has 0 unspecified atom stereocenters. The van der Waals surface area contributed by atoms with Crippen LogP contribution in [0.15, 0.2) is 24.4 Å². The predicted octanol–water partition coefficient (Wildman–Crippen LogP) is 2.88. The maximum Gasteiger partial charge on any atom is 0.0819 e. The fourth-order valence-electron chi connectivity index (χ4n) is 2.05. The normalized spacial score (nSPS) is 11.0. The first-order valence-corrected chi connectivity index (χ1v) is 7.01. The molecule has 2 rings (SSSR count). The van der Waals surface area contributed by atoms with Gasteiger partial charge in [-0.25, -0.2) is 4.68 Å². The van der Waals surface area contributed by atoms with Gasteiger partial charge in [-0.2, -0.15) is 5.10 Å². The lowest BCUT2D eigenvalue weighted by Gasteiger charge is -2.09. The van der Waals surface area contributed by atoms with Gasteiger partial charge < -0.3 is 10.1 Å². The highest BCUT2D eigenvalue weighted by Gasteiger charge is 2.07. The lowest BCUT2D eigenvalue weighted by atomic mass is 10.1. The summed E-state index contributed by atoms with van der Waals surface area (Å²) in [6.07, 6.45) is 1.84. The molecule has 0 atom stereocenters. The molecular formula is C15H20ClN3O. The molecule has 4 nitrogen and oxygen atoms in total. The Labute approximate surface area is 124 Å². The number of hydrogen-bond acceptors (Lipinski definition) is 3. The first kappa shape index (κ1) is 15.0. The largest absolute Gasteiger partial charge is 0.383 e. The Kier molecular flexibility index (Phi) is 5.17. The number of methoxy groups -OCH3 is 1. The molecule has 0 amide bonds. The summed E-state index contributed by atoms with van der Waals surface area (Å²) in [5, 5.41) is 8.43. The highest BCUT2D eigenvalue weighted by molar-refractivity contribution is 6.31. The molecule has 2 aromatic rings. The van der Waals surface area contributed by atoms with Crippen molar-refractivity contribution in [2.75, 3.05) is 20.3 Å². The van der Waals surface area contributed by atoms with Gasteiger partial charge in [-0.1, -0.05) is 23.7 Å². The molecule has 0 saturated carbocycles. The molecule has 0 spiro atoms. The Morgan fingerprint density at radius 1 is 1.35 bits per heavy atom. The van der Waals surface area contributed by atoms with Crippen molar-refractivity contribution in [3.05, 3.63) is 46.2 Å². The van der Waals surface area contributed by atoms with Crippen molar-refractivity contribution in [2.45, 2.75) is 20.4 Å². The van der Waals surface area contributed by atoms with Crippen molar-refractivity contribution in [3.8, 4) is 5.69 Å². The smallest absolute Gasteiger partial charge is 0.0819 e. The predicted molar refractivity (Wildman–Crippen MR) is 81.6 cm³/mol. The van der Waals surface area contributed by atoms with Gasteiger partial charge in [-0.3, -0.25) is 0 Å². The third kappa shape index (κ3) is 3.60. The van der Waals surface area contributed by atoms with Crippen LogP contribution in [0.25, 0.3) is 5.69 Å². The Bertz CT molecular complexity index is 561. The van der Waals surface area contributed by atoms with Crippen LogP contribution in [-0.4, -0.2) is 30.0 Å². The van der Waals surface area contributed by atoms with Gasteiger partial charge in [0.2, 0.25) is 0 Å². The summed E-state index contributed by atoms with van der Waals surface area (Å²) in [5.74, 6) is 0. The Morgan fingerprint density at radius 2 is 2.15 bits per heavy atom. The average molecular weight is 294 g/mol. The van der Waals surface area contributed by atoms with Crippen molar-refractivity contribution >= 4 is 11.6 Å². The monoisotopic (exact) mass is 293 g/mol. The highest BCUT2D eigenvalue weighted by atomic mass is 35.5.